The van der Waals surface area contributed by atoms with Crippen molar-refractivity contribution in [1.29, 1.82) is 0 Å². The quantitative estimate of drug-likeness (QED) is 0.396. The fraction of sp³-hybridized carbons (Fsp3) is 0.414. The van der Waals surface area contributed by atoms with E-state index in [1.54, 1.807) is 7.11 Å². The van der Waals surface area contributed by atoms with E-state index in [0.717, 1.165) is 40.9 Å². The number of rotatable bonds is 7. The molecule has 1 aliphatic carbocycles. The van der Waals surface area contributed by atoms with Gasteiger partial charge in [0.2, 0.25) is 0 Å². The third kappa shape index (κ3) is 5.16. The lowest BCUT2D eigenvalue weighted by molar-refractivity contribution is -0.148. The molecule has 0 aliphatic heterocycles. The summed E-state index contributed by atoms with van der Waals surface area (Å²) in [5.41, 5.74) is 6.86. The van der Waals surface area contributed by atoms with Gasteiger partial charge in [0, 0.05) is 17.0 Å². The Bertz CT molecular complexity index is 1280. The summed E-state index contributed by atoms with van der Waals surface area (Å²) in [6, 6.07) is 10.6. The van der Waals surface area contributed by atoms with Gasteiger partial charge in [0.15, 0.2) is 0 Å². The highest BCUT2D eigenvalue weighted by molar-refractivity contribution is 5.94. The van der Waals surface area contributed by atoms with Crippen LogP contribution in [0.25, 0.3) is 16.5 Å². The molecule has 184 valence electrons. The third-order valence-corrected chi connectivity index (χ3v) is 6.97. The molecule has 0 fully saturated rings. The van der Waals surface area contributed by atoms with Crippen LogP contribution in [0.5, 0.6) is 5.75 Å². The topological polar surface area (TPSA) is 73.3 Å². The standard InChI is InChI=1S/C29H35N3O3/c1-7-35-29(33)22-13-11-21(12-14-22)24-15-25-26(16-27(24)34-6)31-20(5)32-28(25)30-19(4)23-10-8-9-17(2)18(23)3/h8-11,15-16,19,22H,7,12-14H2,1-6H3,(H,30,31,32)/t19-,22?/m1/s1. The van der Waals surface area contributed by atoms with Crippen LogP contribution in [0.3, 0.4) is 0 Å². The highest BCUT2D eigenvalue weighted by Gasteiger charge is 2.25. The van der Waals surface area contributed by atoms with E-state index < -0.39 is 0 Å². The number of nitrogens with one attached hydrogen (secondary N) is 1. The lowest BCUT2D eigenvalue weighted by atomic mass is 9.86. The zero-order chi connectivity index (χ0) is 25.1. The summed E-state index contributed by atoms with van der Waals surface area (Å²) in [5, 5.41) is 4.60. The number of fused-ring (bicyclic) bond motifs is 1. The van der Waals surface area contributed by atoms with Crippen LogP contribution >= 0.6 is 0 Å². The van der Waals surface area contributed by atoms with Crippen molar-refractivity contribution >= 4 is 28.3 Å². The van der Waals surface area contributed by atoms with Crippen molar-refractivity contribution < 1.29 is 14.3 Å². The van der Waals surface area contributed by atoms with Gasteiger partial charge in [-0.3, -0.25) is 4.79 Å². The van der Waals surface area contributed by atoms with Crippen molar-refractivity contribution in [3.05, 3.63) is 64.5 Å². The monoisotopic (exact) mass is 473 g/mol. The summed E-state index contributed by atoms with van der Waals surface area (Å²) < 4.78 is 11.0. The normalized spacial score (nSPS) is 16.5. The second-order valence-electron chi connectivity index (χ2n) is 9.30. The SMILES string of the molecule is CCOC(=O)C1CC=C(c2cc3c(N[C@H](C)c4cccc(C)c4C)nc(C)nc3cc2OC)CC1. The number of methoxy groups -OCH3 is 1. The lowest BCUT2D eigenvalue weighted by Gasteiger charge is -2.23. The maximum absolute atomic E-state index is 12.2. The highest BCUT2D eigenvalue weighted by atomic mass is 16.5. The number of aryl methyl sites for hydroxylation is 2. The molecule has 6 heteroatoms. The van der Waals surface area contributed by atoms with Crippen molar-refractivity contribution in [2.45, 2.75) is 59.9 Å². The molecule has 0 bridgehead atoms. The zero-order valence-electron chi connectivity index (χ0n) is 21.6. The van der Waals surface area contributed by atoms with E-state index in [1.807, 2.05) is 19.9 Å². The Morgan fingerprint density at radius 1 is 1.20 bits per heavy atom. The van der Waals surface area contributed by atoms with Crippen LogP contribution in [0.15, 0.2) is 36.4 Å². The number of allylic oxidation sites excluding steroid dienone is 2. The summed E-state index contributed by atoms with van der Waals surface area (Å²) in [7, 11) is 1.69. The second kappa shape index (κ2) is 10.5. The molecule has 0 spiro atoms. The summed E-state index contributed by atoms with van der Waals surface area (Å²) >= 11 is 0. The molecule has 1 aromatic heterocycles. The van der Waals surface area contributed by atoms with Crippen LogP contribution in [-0.4, -0.2) is 29.7 Å². The van der Waals surface area contributed by atoms with Crippen molar-refractivity contribution in [3.8, 4) is 5.75 Å². The van der Waals surface area contributed by atoms with Crippen molar-refractivity contribution in [2.24, 2.45) is 5.92 Å². The van der Waals surface area contributed by atoms with Gasteiger partial charge in [0.1, 0.15) is 17.4 Å². The number of nitrogens with zero attached hydrogens (tertiary/aromatic N) is 2. The third-order valence-electron chi connectivity index (χ3n) is 6.97. The van der Waals surface area contributed by atoms with Gasteiger partial charge >= 0.3 is 5.97 Å². The van der Waals surface area contributed by atoms with Crippen molar-refractivity contribution in [1.82, 2.24) is 9.97 Å². The first kappa shape index (κ1) is 24.7. The average Bonchev–Trinajstić information content (AvgIpc) is 2.85. The van der Waals surface area contributed by atoms with Gasteiger partial charge in [-0.2, -0.15) is 0 Å². The van der Waals surface area contributed by atoms with Crippen LogP contribution in [-0.2, 0) is 9.53 Å². The largest absolute Gasteiger partial charge is 0.496 e. The summed E-state index contributed by atoms with van der Waals surface area (Å²) in [6.07, 6.45) is 4.38. The molecular weight excluding hydrogens is 438 g/mol. The molecule has 1 N–H and O–H groups in total. The van der Waals surface area contributed by atoms with Gasteiger partial charge in [-0.15, -0.1) is 0 Å². The Morgan fingerprint density at radius 2 is 2.00 bits per heavy atom. The number of hydrogen-bond acceptors (Lipinski definition) is 6. The number of anilines is 1. The number of aromatic nitrogens is 2. The van der Waals surface area contributed by atoms with E-state index in [2.05, 4.69) is 61.4 Å². The molecule has 2 aromatic carbocycles. The van der Waals surface area contributed by atoms with Crippen LogP contribution in [0, 0.1) is 26.7 Å². The van der Waals surface area contributed by atoms with Gasteiger partial charge in [-0.25, -0.2) is 9.97 Å². The maximum Gasteiger partial charge on any atom is 0.309 e. The van der Waals surface area contributed by atoms with E-state index >= 15 is 0 Å². The van der Waals surface area contributed by atoms with E-state index in [4.69, 9.17) is 14.5 Å². The smallest absolute Gasteiger partial charge is 0.309 e. The molecule has 1 heterocycles. The molecule has 0 radical (unpaired) electrons. The van der Waals surface area contributed by atoms with Crippen molar-refractivity contribution in [3.63, 3.8) is 0 Å². The van der Waals surface area contributed by atoms with Crippen LogP contribution in [0.2, 0.25) is 0 Å². The first-order valence-corrected chi connectivity index (χ1v) is 12.4. The number of hydrogen-bond donors (Lipinski definition) is 1. The van der Waals surface area contributed by atoms with Crippen LogP contribution in [0.1, 0.15) is 67.2 Å². The van der Waals surface area contributed by atoms with Crippen LogP contribution in [0.4, 0.5) is 5.82 Å². The Hall–Kier alpha value is -3.41. The molecule has 1 unspecified atom stereocenters. The van der Waals surface area contributed by atoms with Crippen LogP contribution < -0.4 is 10.1 Å². The van der Waals surface area contributed by atoms with E-state index in [-0.39, 0.29) is 17.9 Å². The average molecular weight is 474 g/mol. The second-order valence-corrected chi connectivity index (χ2v) is 9.30. The van der Waals surface area contributed by atoms with E-state index in [9.17, 15) is 4.79 Å². The lowest BCUT2D eigenvalue weighted by Crippen LogP contribution is -2.19. The summed E-state index contributed by atoms with van der Waals surface area (Å²) in [6.45, 7) is 10.6. The molecule has 3 aromatic rings. The molecular formula is C29H35N3O3. The Labute approximate surface area is 207 Å². The fourth-order valence-electron chi connectivity index (χ4n) is 4.88. The first-order valence-electron chi connectivity index (χ1n) is 12.4. The minimum Gasteiger partial charge on any atom is -0.496 e. The maximum atomic E-state index is 12.2. The minimum absolute atomic E-state index is 0.0771. The molecule has 1 aliphatic rings. The van der Waals surface area contributed by atoms with Crippen molar-refractivity contribution in [2.75, 3.05) is 19.0 Å². The molecule has 0 saturated carbocycles. The number of ether oxygens (including phenoxy) is 2. The number of carbonyl (C=O) groups excluding carboxylic acids is 1. The Morgan fingerprint density at radius 3 is 2.69 bits per heavy atom. The molecule has 4 rings (SSSR count). The van der Waals surface area contributed by atoms with Gasteiger partial charge in [-0.05, 0) is 82.2 Å². The van der Waals surface area contributed by atoms with Gasteiger partial charge < -0.3 is 14.8 Å². The molecule has 2 atom stereocenters. The molecule has 0 saturated heterocycles. The van der Waals surface area contributed by atoms with E-state index in [0.29, 0.717) is 18.9 Å². The van der Waals surface area contributed by atoms with Gasteiger partial charge in [-0.1, -0.05) is 24.3 Å². The number of carbonyl (C=O) groups is 1. The summed E-state index contributed by atoms with van der Waals surface area (Å²) in [4.78, 5) is 21.6. The van der Waals surface area contributed by atoms with Gasteiger partial charge in [0.25, 0.3) is 0 Å². The minimum atomic E-state index is -0.107. The highest BCUT2D eigenvalue weighted by Crippen LogP contribution is 2.39. The molecule has 0 amide bonds. The number of esters is 1. The fourth-order valence-corrected chi connectivity index (χ4v) is 4.88. The zero-order valence-corrected chi connectivity index (χ0v) is 21.6. The predicted octanol–water partition coefficient (Wildman–Crippen LogP) is 6.48. The molecule has 6 nitrogen and oxygen atoms in total. The Balaban J connectivity index is 1.72. The van der Waals surface area contributed by atoms with E-state index in [1.165, 1.54) is 22.3 Å². The molecule has 35 heavy (non-hydrogen) atoms. The predicted molar refractivity (Wildman–Crippen MR) is 141 cm³/mol. The first-order chi connectivity index (χ1) is 16.8. The van der Waals surface area contributed by atoms with Gasteiger partial charge in [0.05, 0.1) is 31.2 Å². The summed E-state index contributed by atoms with van der Waals surface area (Å²) in [5.74, 6) is 2.11. The Kier molecular flexibility index (Phi) is 7.39. The number of benzene rings is 2.